The fraction of sp³-hybridized carbons (Fsp3) is 0.407. The third-order valence-corrected chi connectivity index (χ3v) is 7.04. The van der Waals surface area contributed by atoms with Crippen LogP contribution in [-0.4, -0.2) is 43.5 Å². The third-order valence-electron chi connectivity index (χ3n) is 5.71. The topological polar surface area (TPSA) is 107 Å². The molecule has 8 nitrogen and oxygen atoms in total. The molecule has 37 heavy (non-hydrogen) atoms. The van der Waals surface area contributed by atoms with E-state index < -0.39 is 0 Å². The van der Waals surface area contributed by atoms with Gasteiger partial charge in [-0.05, 0) is 42.7 Å². The van der Waals surface area contributed by atoms with Crippen molar-refractivity contribution in [3.8, 4) is 0 Å². The van der Waals surface area contributed by atoms with Gasteiger partial charge < -0.3 is 9.88 Å². The summed E-state index contributed by atoms with van der Waals surface area (Å²) in [5.41, 5.74) is 1.86. The normalized spacial score (nSPS) is 10.9. The van der Waals surface area contributed by atoms with Crippen molar-refractivity contribution in [2.24, 2.45) is 0 Å². The third kappa shape index (κ3) is 10.1. The van der Waals surface area contributed by atoms with Crippen LogP contribution in [-0.2, 0) is 17.8 Å². The number of unbranched alkanes of at least 4 members (excludes halogenated alkanes) is 4. The number of thioether (sulfide) groups is 1. The molecule has 1 N–H and O–H groups in total. The molecule has 0 unspecified atom stereocenters. The van der Waals surface area contributed by atoms with Crippen molar-refractivity contribution in [3.63, 3.8) is 0 Å². The number of nitrogens with zero attached hydrogens (tertiary/aromatic N) is 4. The minimum absolute atomic E-state index is 0.0975. The Morgan fingerprint density at radius 3 is 2.46 bits per heavy atom. The molecule has 0 atom stereocenters. The van der Waals surface area contributed by atoms with E-state index in [1.807, 2.05) is 10.8 Å². The van der Waals surface area contributed by atoms with Gasteiger partial charge in [0.1, 0.15) is 6.33 Å². The Balaban J connectivity index is 1.45. The van der Waals surface area contributed by atoms with Crippen LogP contribution in [0.1, 0.15) is 66.9 Å². The van der Waals surface area contributed by atoms with Crippen LogP contribution in [0.4, 0.5) is 0 Å². The van der Waals surface area contributed by atoms with E-state index in [0.29, 0.717) is 47.2 Å². The van der Waals surface area contributed by atoms with Gasteiger partial charge >= 0.3 is 0 Å². The summed E-state index contributed by atoms with van der Waals surface area (Å²) in [5.74, 6) is 0.890. The molecule has 0 bridgehead atoms. The molecule has 0 saturated heterocycles. The van der Waals surface area contributed by atoms with E-state index in [2.05, 4.69) is 20.3 Å². The Morgan fingerprint density at radius 1 is 1.03 bits per heavy atom. The summed E-state index contributed by atoms with van der Waals surface area (Å²) in [4.78, 5) is 48.6. The number of carbonyl (C=O) groups excluding carboxylic acids is 2. The smallest absolute Gasteiger partial charge is 0.277 e. The molecule has 0 spiro atoms. The average Bonchev–Trinajstić information content (AvgIpc) is 2.88. The predicted octanol–water partition coefficient (Wildman–Crippen LogP) is 4.73. The fourth-order valence-corrected chi connectivity index (χ4v) is 4.89. The van der Waals surface area contributed by atoms with E-state index in [1.54, 1.807) is 48.4 Å². The number of hydrogen-bond donors (Lipinski definition) is 1. The van der Waals surface area contributed by atoms with Crippen molar-refractivity contribution >= 4 is 35.1 Å². The largest absolute Gasteiger partial charge is 0.355 e. The predicted molar refractivity (Wildman–Crippen MR) is 146 cm³/mol. The Hall–Kier alpha value is -3.04. The number of carbonyl (C=O) groups is 2. The molecule has 196 valence electrons. The van der Waals surface area contributed by atoms with Crippen LogP contribution in [0.3, 0.4) is 0 Å². The van der Waals surface area contributed by atoms with E-state index in [-0.39, 0.29) is 17.2 Å². The van der Waals surface area contributed by atoms with Crippen molar-refractivity contribution in [1.29, 1.82) is 0 Å². The van der Waals surface area contributed by atoms with E-state index in [4.69, 9.17) is 11.6 Å². The van der Waals surface area contributed by atoms with Gasteiger partial charge in [-0.1, -0.05) is 42.6 Å². The van der Waals surface area contributed by atoms with Gasteiger partial charge in [-0.15, -0.1) is 0 Å². The zero-order valence-electron chi connectivity index (χ0n) is 21.0. The summed E-state index contributed by atoms with van der Waals surface area (Å²) in [5, 5.41) is 4.08. The number of halogens is 1. The van der Waals surface area contributed by atoms with Gasteiger partial charge in [0.15, 0.2) is 10.9 Å². The second kappa shape index (κ2) is 15.3. The molecular formula is C27H32ClN5O3S. The highest BCUT2D eigenvalue weighted by Gasteiger charge is 2.11. The van der Waals surface area contributed by atoms with E-state index in [0.717, 1.165) is 43.4 Å². The maximum absolute atomic E-state index is 12.7. The first-order valence-electron chi connectivity index (χ1n) is 12.4. The Labute approximate surface area is 226 Å². The SMILES string of the molecule is CC(=O)NCCn1cc(Cc2cncnc2)c(=O)nc1SCCCCCCCC(=O)c1ccc(Cl)cc1. The van der Waals surface area contributed by atoms with Crippen LogP contribution in [0.2, 0.25) is 5.02 Å². The van der Waals surface area contributed by atoms with Crippen LogP contribution < -0.4 is 10.9 Å². The number of ketones is 1. The quantitative estimate of drug-likeness (QED) is 0.128. The van der Waals surface area contributed by atoms with Gasteiger partial charge in [0.2, 0.25) is 5.91 Å². The van der Waals surface area contributed by atoms with Crippen LogP contribution in [0, 0.1) is 0 Å². The highest BCUT2D eigenvalue weighted by Crippen LogP contribution is 2.19. The number of benzene rings is 1. The molecule has 0 radical (unpaired) electrons. The van der Waals surface area contributed by atoms with Crippen LogP contribution in [0.25, 0.3) is 0 Å². The molecule has 2 aromatic heterocycles. The van der Waals surface area contributed by atoms with Gasteiger partial charge in [-0.3, -0.25) is 14.4 Å². The molecular weight excluding hydrogens is 510 g/mol. The standard InChI is InChI=1S/C27H32ClN5O3S/c1-20(34)31-12-13-33-18-23(15-21-16-29-19-30-17-21)26(36)32-27(33)37-14-6-4-2-3-5-7-25(35)22-8-10-24(28)11-9-22/h8-11,16-19H,2-7,12-15H2,1H3,(H,31,34). The number of amides is 1. The Morgan fingerprint density at radius 2 is 1.73 bits per heavy atom. The summed E-state index contributed by atoms with van der Waals surface area (Å²) in [7, 11) is 0. The first kappa shape index (κ1) is 28.5. The van der Waals surface area contributed by atoms with E-state index in [1.165, 1.54) is 13.3 Å². The molecule has 0 fully saturated rings. The number of rotatable bonds is 15. The van der Waals surface area contributed by atoms with Crippen molar-refractivity contribution in [1.82, 2.24) is 24.8 Å². The Kier molecular flexibility index (Phi) is 11.8. The zero-order chi connectivity index (χ0) is 26.5. The monoisotopic (exact) mass is 541 g/mol. The number of hydrogen-bond acceptors (Lipinski definition) is 7. The van der Waals surface area contributed by atoms with E-state index >= 15 is 0 Å². The lowest BCUT2D eigenvalue weighted by Crippen LogP contribution is -2.27. The summed E-state index contributed by atoms with van der Waals surface area (Å²) < 4.78 is 1.93. The van der Waals surface area contributed by atoms with Gasteiger partial charge in [0.05, 0.1) is 0 Å². The summed E-state index contributed by atoms with van der Waals surface area (Å²) >= 11 is 7.43. The maximum atomic E-state index is 12.7. The number of nitrogens with one attached hydrogen (secondary N) is 1. The molecule has 10 heteroatoms. The first-order valence-corrected chi connectivity index (χ1v) is 13.8. The number of aromatic nitrogens is 4. The van der Waals surface area contributed by atoms with Crippen molar-refractivity contribution in [3.05, 3.63) is 81.3 Å². The lowest BCUT2D eigenvalue weighted by molar-refractivity contribution is -0.118. The second-order valence-corrected chi connectivity index (χ2v) is 10.2. The maximum Gasteiger partial charge on any atom is 0.277 e. The summed E-state index contributed by atoms with van der Waals surface area (Å²) in [6.07, 6.45) is 12.5. The Bertz CT molecular complexity index is 1220. The minimum atomic E-state index is -0.257. The molecule has 0 aliphatic carbocycles. The summed E-state index contributed by atoms with van der Waals surface area (Å²) in [6, 6.07) is 7.03. The first-order chi connectivity index (χ1) is 17.9. The van der Waals surface area contributed by atoms with Crippen molar-refractivity contribution in [2.75, 3.05) is 12.3 Å². The molecule has 0 aliphatic rings. The van der Waals surface area contributed by atoms with E-state index in [9.17, 15) is 14.4 Å². The van der Waals surface area contributed by atoms with Gasteiger partial charge in [-0.2, -0.15) is 4.98 Å². The highest BCUT2D eigenvalue weighted by atomic mass is 35.5. The lowest BCUT2D eigenvalue weighted by atomic mass is 10.0. The molecule has 0 saturated carbocycles. The van der Waals surface area contributed by atoms with Crippen LogP contribution >= 0.6 is 23.4 Å². The van der Waals surface area contributed by atoms with Crippen LogP contribution in [0.5, 0.6) is 0 Å². The fourth-order valence-electron chi connectivity index (χ4n) is 3.77. The second-order valence-electron chi connectivity index (χ2n) is 8.75. The molecule has 0 aliphatic heterocycles. The molecule has 2 heterocycles. The average molecular weight is 542 g/mol. The minimum Gasteiger partial charge on any atom is -0.355 e. The molecule has 1 amide bonds. The van der Waals surface area contributed by atoms with Gasteiger partial charge in [0.25, 0.3) is 5.56 Å². The highest BCUT2D eigenvalue weighted by molar-refractivity contribution is 7.99. The molecule has 1 aromatic carbocycles. The van der Waals surface area contributed by atoms with Crippen molar-refractivity contribution in [2.45, 2.75) is 63.6 Å². The molecule has 3 aromatic rings. The van der Waals surface area contributed by atoms with Crippen molar-refractivity contribution < 1.29 is 9.59 Å². The molecule has 3 rings (SSSR count). The number of Topliss-reactive ketones (excluding diaryl/α,β-unsaturated/α-hetero) is 1. The van der Waals surface area contributed by atoms with Gasteiger partial charge in [0, 0.05) is 73.3 Å². The van der Waals surface area contributed by atoms with Gasteiger partial charge in [-0.25, -0.2) is 9.97 Å². The van der Waals surface area contributed by atoms with Crippen LogP contribution in [0.15, 0.2) is 59.1 Å². The summed E-state index contributed by atoms with van der Waals surface area (Å²) in [6.45, 7) is 2.46. The zero-order valence-corrected chi connectivity index (χ0v) is 22.6. The lowest BCUT2D eigenvalue weighted by Gasteiger charge is -2.14.